The van der Waals surface area contributed by atoms with E-state index in [0.717, 1.165) is 25.0 Å². The number of hydrogen-bond acceptors (Lipinski definition) is 2. The lowest BCUT2D eigenvalue weighted by Crippen LogP contribution is -2.38. The summed E-state index contributed by atoms with van der Waals surface area (Å²) < 4.78 is 27.9. The van der Waals surface area contributed by atoms with Gasteiger partial charge in [0.2, 0.25) is 0 Å². The Balaban J connectivity index is 2.27. The molecule has 0 spiro atoms. The first-order chi connectivity index (χ1) is 9.95. The number of nitrogens with zero attached hydrogens (tertiary/aromatic N) is 1. The molecule has 116 valence electrons. The molecule has 1 N–H and O–H groups in total. The molecule has 1 atom stereocenters. The van der Waals surface area contributed by atoms with Gasteiger partial charge in [-0.3, -0.25) is 4.79 Å². The van der Waals surface area contributed by atoms with Crippen LogP contribution in [0.15, 0.2) is 12.1 Å². The van der Waals surface area contributed by atoms with E-state index >= 15 is 0 Å². The second kappa shape index (κ2) is 6.41. The van der Waals surface area contributed by atoms with E-state index in [1.807, 2.05) is 0 Å². The minimum atomic E-state index is -0.722. The third-order valence-electron chi connectivity index (χ3n) is 3.97. The Bertz CT molecular complexity index is 508. The zero-order valence-electron chi connectivity index (χ0n) is 12.7. The van der Waals surface area contributed by atoms with Crippen LogP contribution in [0.1, 0.15) is 44.0 Å². The van der Waals surface area contributed by atoms with E-state index in [1.54, 1.807) is 11.8 Å². The third kappa shape index (κ3) is 3.17. The van der Waals surface area contributed by atoms with Gasteiger partial charge in [-0.2, -0.15) is 0 Å². The molecule has 1 aliphatic heterocycles. The van der Waals surface area contributed by atoms with Crippen LogP contribution in [0.5, 0.6) is 0 Å². The van der Waals surface area contributed by atoms with Crippen LogP contribution in [0.25, 0.3) is 0 Å². The maximum absolute atomic E-state index is 13.9. The Morgan fingerprint density at radius 2 is 2.00 bits per heavy atom. The summed E-state index contributed by atoms with van der Waals surface area (Å²) >= 11 is 0. The van der Waals surface area contributed by atoms with Crippen molar-refractivity contribution in [2.75, 3.05) is 18.4 Å². The number of likely N-dealkylation sites (tertiary alicyclic amines) is 1. The second-order valence-electron chi connectivity index (χ2n) is 5.80. The molecule has 1 unspecified atom stereocenters. The molecule has 3 nitrogen and oxygen atoms in total. The third-order valence-corrected chi connectivity index (χ3v) is 3.97. The molecule has 0 aromatic heterocycles. The predicted molar refractivity (Wildman–Crippen MR) is 79.4 cm³/mol. The smallest absolute Gasteiger partial charge is 0.254 e. The molecule has 0 bridgehead atoms. The van der Waals surface area contributed by atoms with E-state index in [4.69, 9.17) is 0 Å². The fourth-order valence-corrected chi connectivity index (χ4v) is 2.95. The molecule has 21 heavy (non-hydrogen) atoms. The summed E-state index contributed by atoms with van der Waals surface area (Å²) in [6.07, 6.45) is 1.89. The van der Waals surface area contributed by atoms with Crippen LogP contribution in [0, 0.1) is 17.6 Å². The van der Waals surface area contributed by atoms with E-state index in [1.165, 1.54) is 0 Å². The molecule has 1 amide bonds. The van der Waals surface area contributed by atoms with E-state index in [0.29, 0.717) is 19.0 Å². The number of hydrogen-bond donors (Lipinski definition) is 1. The Hall–Kier alpha value is -1.65. The monoisotopic (exact) mass is 296 g/mol. The molecule has 1 saturated heterocycles. The van der Waals surface area contributed by atoms with Crippen LogP contribution >= 0.6 is 0 Å². The van der Waals surface area contributed by atoms with Gasteiger partial charge >= 0.3 is 0 Å². The highest BCUT2D eigenvalue weighted by Gasteiger charge is 2.32. The van der Waals surface area contributed by atoms with Crippen LogP contribution in [-0.2, 0) is 0 Å². The minimum Gasteiger partial charge on any atom is -0.381 e. The van der Waals surface area contributed by atoms with Crippen molar-refractivity contribution in [3.8, 4) is 0 Å². The lowest BCUT2D eigenvalue weighted by atomic mass is 10.0. The van der Waals surface area contributed by atoms with Gasteiger partial charge in [-0.15, -0.1) is 0 Å². The average molecular weight is 296 g/mol. The number of carbonyl (C=O) groups is 1. The maximum atomic E-state index is 13.9. The van der Waals surface area contributed by atoms with Crippen molar-refractivity contribution in [3.05, 3.63) is 29.3 Å². The number of carbonyl (C=O) groups excluding carboxylic acids is 1. The van der Waals surface area contributed by atoms with Gasteiger partial charge < -0.3 is 10.2 Å². The summed E-state index contributed by atoms with van der Waals surface area (Å²) in [4.78, 5) is 14.2. The Labute approximate surface area is 124 Å². The lowest BCUT2D eigenvalue weighted by Gasteiger charge is -2.28. The van der Waals surface area contributed by atoms with E-state index < -0.39 is 11.6 Å². The summed E-state index contributed by atoms with van der Waals surface area (Å²) in [5.41, 5.74) is -0.0879. The van der Waals surface area contributed by atoms with Crippen molar-refractivity contribution in [2.24, 2.45) is 5.92 Å². The van der Waals surface area contributed by atoms with Gasteiger partial charge in [0.25, 0.3) is 5.91 Å². The maximum Gasteiger partial charge on any atom is 0.254 e. The molecule has 5 heteroatoms. The number of amides is 1. The summed E-state index contributed by atoms with van der Waals surface area (Å²) in [6, 6.07) is 2.40. The molecular formula is C16H22F2N2O. The van der Waals surface area contributed by atoms with Gasteiger partial charge in [-0.05, 0) is 37.8 Å². The Kier molecular flexibility index (Phi) is 4.80. The molecule has 2 rings (SSSR count). The van der Waals surface area contributed by atoms with E-state index in [-0.39, 0.29) is 23.2 Å². The normalized spacial score (nSPS) is 18.4. The van der Waals surface area contributed by atoms with Gasteiger partial charge in [0, 0.05) is 24.7 Å². The molecule has 0 saturated carbocycles. The highest BCUT2D eigenvalue weighted by atomic mass is 19.1. The molecular weight excluding hydrogens is 274 g/mol. The lowest BCUT2D eigenvalue weighted by molar-refractivity contribution is 0.0700. The predicted octanol–water partition coefficient (Wildman–Crippen LogP) is 3.66. The van der Waals surface area contributed by atoms with Crippen LogP contribution in [0.4, 0.5) is 14.5 Å². The standard InChI is InChI=1S/C16H22F2N2O/c1-4-19-15-12(17)8-11(9-13(15)18)16(21)20-7-5-6-14(20)10(2)3/h8-10,14,19H,4-7H2,1-3H3. The summed E-state index contributed by atoms with van der Waals surface area (Å²) in [6.45, 7) is 6.95. The molecule has 1 fully saturated rings. The molecule has 1 heterocycles. The van der Waals surface area contributed by atoms with Gasteiger partial charge in [-0.1, -0.05) is 13.8 Å². The SMILES string of the molecule is CCNc1c(F)cc(C(=O)N2CCCC2C(C)C)cc1F. The number of halogens is 2. The van der Waals surface area contributed by atoms with Crippen LogP contribution in [-0.4, -0.2) is 29.9 Å². The van der Waals surface area contributed by atoms with Gasteiger partial charge in [0.05, 0.1) is 0 Å². The van der Waals surface area contributed by atoms with Crippen molar-refractivity contribution in [1.82, 2.24) is 4.90 Å². The van der Waals surface area contributed by atoms with E-state index in [9.17, 15) is 13.6 Å². The zero-order valence-corrected chi connectivity index (χ0v) is 12.7. The van der Waals surface area contributed by atoms with Crippen molar-refractivity contribution in [1.29, 1.82) is 0 Å². The fraction of sp³-hybridized carbons (Fsp3) is 0.562. The van der Waals surface area contributed by atoms with Crippen molar-refractivity contribution in [3.63, 3.8) is 0 Å². The molecule has 0 aliphatic carbocycles. The fourth-order valence-electron chi connectivity index (χ4n) is 2.95. The Morgan fingerprint density at radius 1 is 1.38 bits per heavy atom. The molecule has 1 aromatic carbocycles. The van der Waals surface area contributed by atoms with Crippen molar-refractivity contribution >= 4 is 11.6 Å². The zero-order chi connectivity index (χ0) is 15.6. The topological polar surface area (TPSA) is 32.3 Å². The highest BCUT2D eigenvalue weighted by molar-refractivity contribution is 5.95. The Morgan fingerprint density at radius 3 is 2.52 bits per heavy atom. The van der Waals surface area contributed by atoms with Crippen LogP contribution < -0.4 is 5.32 Å². The highest BCUT2D eigenvalue weighted by Crippen LogP contribution is 2.27. The van der Waals surface area contributed by atoms with Crippen molar-refractivity contribution in [2.45, 2.75) is 39.7 Å². The number of anilines is 1. The summed E-state index contributed by atoms with van der Waals surface area (Å²) in [5, 5.41) is 2.63. The summed E-state index contributed by atoms with van der Waals surface area (Å²) in [5.74, 6) is -1.39. The average Bonchev–Trinajstić information content (AvgIpc) is 2.91. The number of nitrogens with one attached hydrogen (secondary N) is 1. The van der Waals surface area contributed by atoms with Crippen LogP contribution in [0.3, 0.4) is 0 Å². The summed E-state index contributed by atoms with van der Waals surface area (Å²) in [7, 11) is 0. The van der Waals surface area contributed by atoms with E-state index in [2.05, 4.69) is 19.2 Å². The first-order valence-electron chi connectivity index (χ1n) is 7.49. The van der Waals surface area contributed by atoms with Gasteiger partial charge in [0.1, 0.15) is 17.3 Å². The number of benzene rings is 1. The molecule has 1 aliphatic rings. The largest absolute Gasteiger partial charge is 0.381 e. The van der Waals surface area contributed by atoms with Crippen LogP contribution in [0.2, 0.25) is 0 Å². The van der Waals surface area contributed by atoms with Crippen molar-refractivity contribution < 1.29 is 13.6 Å². The minimum absolute atomic E-state index is 0.0826. The first kappa shape index (κ1) is 15.7. The van der Waals surface area contributed by atoms with Gasteiger partial charge in [0.15, 0.2) is 0 Å². The number of rotatable bonds is 4. The first-order valence-corrected chi connectivity index (χ1v) is 7.49. The van der Waals surface area contributed by atoms with Gasteiger partial charge in [-0.25, -0.2) is 8.78 Å². The second-order valence-corrected chi connectivity index (χ2v) is 5.80. The molecule has 0 radical (unpaired) electrons. The quantitative estimate of drug-likeness (QED) is 0.919. The molecule has 1 aromatic rings.